The largest absolute Gasteiger partial charge is 0.293 e. The first-order valence-electron chi connectivity index (χ1n) is 7.85. The first-order valence-corrected chi connectivity index (χ1v) is 8.67. The molecule has 0 unspecified atom stereocenters. The van der Waals surface area contributed by atoms with E-state index in [9.17, 15) is 14.4 Å². The maximum absolute atomic E-state index is 12.3. The summed E-state index contributed by atoms with van der Waals surface area (Å²) in [4.78, 5) is 36.9. The lowest BCUT2D eigenvalue weighted by Gasteiger charge is -2.11. The van der Waals surface area contributed by atoms with Crippen molar-refractivity contribution in [2.24, 2.45) is 0 Å². The summed E-state index contributed by atoms with van der Waals surface area (Å²) in [5.41, 5.74) is 2.49. The van der Waals surface area contributed by atoms with Crippen molar-refractivity contribution in [2.45, 2.75) is 32.1 Å². The number of carbonyl (C=O) groups excluding carboxylic acids is 3. The number of rotatable bonds is 8. The third kappa shape index (κ3) is 5.21. The summed E-state index contributed by atoms with van der Waals surface area (Å²) in [6, 6.07) is 9.43. The molecular formula is C17H20N2O4S. The predicted molar refractivity (Wildman–Crippen MR) is 92.1 cm³/mol. The van der Waals surface area contributed by atoms with Crippen LogP contribution in [0.4, 0.5) is 4.79 Å². The quantitative estimate of drug-likeness (QED) is 0.326. The van der Waals surface area contributed by atoms with E-state index < -0.39 is 5.91 Å². The number of hydrogen-bond donors (Lipinski definition) is 2. The Morgan fingerprint density at radius 1 is 1.12 bits per heavy atom. The van der Waals surface area contributed by atoms with Gasteiger partial charge in [0.15, 0.2) is 0 Å². The summed E-state index contributed by atoms with van der Waals surface area (Å²) >= 11 is 0.970. The fourth-order valence-electron chi connectivity index (χ4n) is 2.36. The van der Waals surface area contributed by atoms with Gasteiger partial charge >= 0.3 is 0 Å². The Bertz CT molecular complexity index is 631. The Kier molecular flexibility index (Phi) is 7.02. The van der Waals surface area contributed by atoms with Crippen molar-refractivity contribution in [3.63, 3.8) is 0 Å². The molecule has 2 N–H and O–H groups in total. The molecule has 0 aromatic heterocycles. The molecule has 0 aliphatic carbocycles. The van der Waals surface area contributed by atoms with Crippen LogP contribution in [0, 0.1) is 0 Å². The lowest BCUT2D eigenvalue weighted by atomic mass is 10.1. The van der Waals surface area contributed by atoms with Crippen LogP contribution in [0.3, 0.4) is 0 Å². The maximum atomic E-state index is 12.3. The highest BCUT2D eigenvalue weighted by molar-refractivity contribution is 8.18. The normalized spacial score (nSPS) is 16.0. The number of thioether (sulfide) groups is 1. The molecule has 0 bridgehead atoms. The summed E-state index contributed by atoms with van der Waals surface area (Å²) in [5.74, 6) is -0.638. The number of imide groups is 1. The van der Waals surface area contributed by atoms with E-state index in [0.29, 0.717) is 24.3 Å². The second-order valence-corrected chi connectivity index (χ2v) is 6.44. The molecule has 7 heteroatoms. The Morgan fingerprint density at radius 3 is 2.54 bits per heavy atom. The van der Waals surface area contributed by atoms with Crippen molar-refractivity contribution in [3.8, 4) is 0 Å². The van der Waals surface area contributed by atoms with Crippen molar-refractivity contribution in [1.29, 1.82) is 0 Å². The molecule has 6 nitrogen and oxygen atoms in total. The zero-order valence-electron chi connectivity index (χ0n) is 13.2. The van der Waals surface area contributed by atoms with Gasteiger partial charge in [0.05, 0.1) is 4.91 Å². The lowest BCUT2D eigenvalue weighted by molar-refractivity contribution is -0.129. The topological polar surface area (TPSA) is 86.7 Å². The molecule has 1 aliphatic rings. The second kappa shape index (κ2) is 9.24. The van der Waals surface area contributed by atoms with Crippen LogP contribution in [0.15, 0.2) is 35.2 Å². The number of nitrogens with one attached hydrogen (secondary N) is 1. The molecular weight excluding hydrogens is 328 g/mol. The van der Waals surface area contributed by atoms with E-state index in [4.69, 9.17) is 5.21 Å². The fraction of sp³-hybridized carbons (Fsp3) is 0.353. The Morgan fingerprint density at radius 2 is 1.83 bits per heavy atom. The number of nitrogens with zero attached hydrogens (tertiary/aromatic N) is 1. The van der Waals surface area contributed by atoms with E-state index in [1.54, 1.807) is 11.6 Å². The van der Waals surface area contributed by atoms with Gasteiger partial charge in [-0.05, 0) is 36.2 Å². The van der Waals surface area contributed by atoms with Crippen molar-refractivity contribution in [3.05, 3.63) is 40.8 Å². The summed E-state index contributed by atoms with van der Waals surface area (Å²) in [5, 5.41) is 8.15. The van der Waals surface area contributed by atoms with Crippen LogP contribution < -0.4 is 5.48 Å². The summed E-state index contributed by atoms with van der Waals surface area (Å²) in [7, 11) is 0. The van der Waals surface area contributed by atoms with Gasteiger partial charge in [-0.25, -0.2) is 5.48 Å². The van der Waals surface area contributed by atoms with Crippen LogP contribution in [-0.4, -0.2) is 33.7 Å². The van der Waals surface area contributed by atoms with Gasteiger partial charge in [0.2, 0.25) is 5.91 Å². The number of hydrogen-bond acceptors (Lipinski definition) is 5. The monoisotopic (exact) mass is 348 g/mol. The molecule has 1 aliphatic heterocycles. The third-order valence-corrected chi connectivity index (χ3v) is 4.54. The molecule has 1 heterocycles. The minimum atomic E-state index is -0.396. The summed E-state index contributed by atoms with van der Waals surface area (Å²) < 4.78 is 0. The number of hydroxylamine groups is 1. The van der Waals surface area contributed by atoms with Crippen molar-refractivity contribution >= 4 is 34.9 Å². The molecule has 128 valence electrons. The Labute approximate surface area is 144 Å². The average molecular weight is 348 g/mol. The number of benzene rings is 1. The van der Waals surface area contributed by atoms with E-state index in [0.717, 1.165) is 30.2 Å². The fourth-order valence-corrected chi connectivity index (χ4v) is 3.22. The van der Waals surface area contributed by atoms with E-state index in [1.165, 1.54) is 4.90 Å². The van der Waals surface area contributed by atoms with Gasteiger partial charge in [-0.15, -0.1) is 0 Å². The average Bonchev–Trinajstić information content (AvgIpc) is 2.85. The van der Waals surface area contributed by atoms with Gasteiger partial charge in [-0.2, -0.15) is 0 Å². The van der Waals surface area contributed by atoms with E-state index in [1.807, 2.05) is 30.3 Å². The SMILES string of the molecule is O=C(CCCCCCN1C(=O)SC(=Cc2ccccc2)C1=O)NO. The molecule has 2 rings (SSSR count). The van der Waals surface area contributed by atoms with E-state index in [2.05, 4.69) is 0 Å². The van der Waals surface area contributed by atoms with E-state index >= 15 is 0 Å². The lowest BCUT2D eigenvalue weighted by Crippen LogP contribution is -2.29. The number of carbonyl (C=O) groups is 3. The van der Waals surface area contributed by atoms with Gasteiger partial charge < -0.3 is 0 Å². The molecule has 0 radical (unpaired) electrons. The van der Waals surface area contributed by atoms with Crippen molar-refractivity contribution in [2.75, 3.05) is 6.54 Å². The molecule has 1 saturated heterocycles. The standard InChI is InChI=1S/C17H20N2O4S/c20-15(18-23)10-6-1-2-7-11-19-16(21)14(24-17(19)22)12-13-8-4-3-5-9-13/h3-5,8-9,12,23H,1-2,6-7,10-11H2,(H,18,20). The number of amides is 3. The van der Waals surface area contributed by atoms with Gasteiger partial charge in [0.25, 0.3) is 11.1 Å². The molecule has 0 spiro atoms. The Balaban J connectivity index is 1.78. The molecule has 1 fully saturated rings. The molecule has 1 aromatic rings. The zero-order valence-corrected chi connectivity index (χ0v) is 14.1. The zero-order chi connectivity index (χ0) is 17.4. The highest BCUT2D eigenvalue weighted by Gasteiger charge is 2.34. The van der Waals surface area contributed by atoms with Crippen LogP contribution in [0.5, 0.6) is 0 Å². The van der Waals surface area contributed by atoms with Crippen LogP contribution in [0.25, 0.3) is 6.08 Å². The molecule has 3 amide bonds. The summed E-state index contributed by atoms with van der Waals surface area (Å²) in [6.07, 6.45) is 5.01. The molecule has 1 aromatic carbocycles. The second-order valence-electron chi connectivity index (χ2n) is 5.44. The minimum Gasteiger partial charge on any atom is -0.289 e. The van der Waals surface area contributed by atoms with Gasteiger partial charge in [-0.3, -0.25) is 24.5 Å². The maximum Gasteiger partial charge on any atom is 0.293 e. The highest BCUT2D eigenvalue weighted by Crippen LogP contribution is 2.32. The molecule has 0 atom stereocenters. The van der Waals surface area contributed by atoms with Crippen molar-refractivity contribution in [1.82, 2.24) is 10.4 Å². The highest BCUT2D eigenvalue weighted by atomic mass is 32.2. The van der Waals surface area contributed by atoms with Crippen LogP contribution in [0.1, 0.15) is 37.7 Å². The smallest absolute Gasteiger partial charge is 0.289 e. The first-order chi connectivity index (χ1) is 11.6. The molecule has 0 saturated carbocycles. The van der Waals surface area contributed by atoms with E-state index in [-0.39, 0.29) is 17.6 Å². The van der Waals surface area contributed by atoms with Crippen LogP contribution in [0.2, 0.25) is 0 Å². The van der Waals surface area contributed by atoms with Gasteiger partial charge in [0, 0.05) is 13.0 Å². The van der Waals surface area contributed by atoms with Gasteiger partial charge in [0.1, 0.15) is 0 Å². The third-order valence-electron chi connectivity index (χ3n) is 3.63. The summed E-state index contributed by atoms with van der Waals surface area (Å²) in [6.45, 7) is 0.392. The first kappa shape index (κ1) is 18.2. The minimum absolute atomic E-state index is 0.234. The van der Waals surface area contributed by atoms with Crippen LogP contribution in [-0.2, 0) is 9.59 Å². The number of unbranched alkanes of at least 4 members (excludes halogenated alkanes) is 3. The predicted octanol–water partition coefficient (Wildman–Crippen LogP) is 3.18. The van der Waals surface area contributed by atoms with Crippen LogP contribution >= 0.6 is 11.8 Å². The van der Waals surface area contributed by atoms with Crippen molar-refractivity contribution < 1.29 is 19.6 Å². The molecule has 24 heavy (non-hydrogen) atoms. The van der Waals surface area contributed by atoms with Gasteiger partial charge in [-0.1, -0.05) is 43.2 Å². The Hall–Kier alpha value is -2.12.